The Morgan fingerprint density at radius 3 is 2.24 bits per heavy atom. The van der Waals surface area contributed by atoms with E-state index in [2.05, 4.69) is 4.98 Å². The highest BCUT2D eigenvalue weighted by atomic mass is 16.5. The highest BCUT2D eigenvalue weighted by molar-refractivity contribution is 5.74. The van der Waals surface area contributed by atoms with Gasteiger partial charge in [-0.1, -0.05) is 60.7 Å². The van der Waals surface area contributed by atoms with Crippen LogP contribution in [0, 0.1) is 0 Å². The second-order valence-electron chi connectivity index (χ2n) is 8.26. The van der Waals surface area contributed by atoms with Crippen molar-refractivity contribution in [3.05, 3.63) is 98.8 Å². The lowest BCUT2D eigenvalue weighted by atomic mass is 9.88. The van der Waals surface area contributed by atoms with Crippen LogP contribution in [0.1, 0.15) is 36.1 Å². The number of anilines is 1. The van der Waals surface area contributed by atoms with Gasteiger partial charge < -0.3 is 19.8 Å². The molecular weight excluding hydrogens is 438 g/mol. The molecule has 1 aromatic heterocycles. The van der Waals surface area contributed by atoms with Crippen LogP contribution in [0.4, 0.5) is 5.69 Å². The van der Waals surface area contributed by atoms with E-state index in [4.69, 9.17) is 4.74 Å². The summed E-state index contributed by atoms with van der Waals surface area (Å²) in [6.07, 6.45) is -0.202. The number of benzene rings is 2. The van der Waals surface area contributed by atoms with Crippen LogP contribution in [0.3, 0.4) is 0 Å². The lowest BCUT2D eigenvalue weighted by Gasteiger charge is -2.23. The van der Waals surface area contributed by atoms with Gasteiger partial charge in [-0.05, 0) is 17.5 Å². The fourth-order valence-electron chi connectivity index (χ4n) is 4.34. The molecule has 2 aromatic carbocycles. The summed E-state index contributed by atoms with van der Waals surface area (Å²) in [7, 11) is 0. The predicted octanol–water partition coefficient (Wildman–Crippen LogP) is 1.36. The van der Waals surface area contributed by atoms with Gasteiger partial charge in [0.05, 0.1) is 12.7 Å². The standard InChI is InChI=1S/C25H27N3O6/c29-15-22-21(31)13-23(34-22)28-14-20(24(32)26-25(28)33)27(16-30)12-11-19(17-7-3-1-4-8-17)18-9-5-2-6-10-18/h1-10,14,16,19,21-23,29,31H,11-13,15H2,(H,26,32,33)/t21-,22+,23+/m0/s1. The Hall–Kier alpha value is -3.53. The topological polar surface area (TPSA) is 125 Å². The van der Waals surface area contributed by atoms with Gasteiger partial charge in [0.15, 0.2) is 0 Å². The maximum absolute atomic E-state index is 12.6. The average Bonchev–Trinajstić information content (AvgIpc) is 3.24. The Morgan fingerprint density at radius 2 is 1.71 bits per heavy atom. The summed E-state index contributed by atoms with van der Waals surface area (Å²) < 4.78 is 6.68. The number of ether oxygens (including phenoxy) is 1. The third kappa shape index (κ3) is 5.01. The van der Waals surface area contributed by atoms with E-state index in [9.17, 15) is 24.6 Å². The number of aliphatic hydroxyl groups excluding tert-OH is 2. The number of nitrogens with one attached hydrogen (secondary N) is 1. The van der Waals surface area contributed by atoms with Crippen LogP contribution in [0.25, 0.3) is 0 Å². The van der Waals surface area contributed by atoms with Crippen molar-refractivity contribution in [2.75, 3.05) is 18.1 Å². The number of carbonyl (C=O) groups is 1. The summed E-state index contributed by atoms with van der Waals surface area (Å²) >= 11 is 0. The average molecular weight is 466 g/mol. The van der Waals surface area contributed by atoms with Crippen molar-refractivity contribution in [3.8, 4) is 0 Å². The fourth-order valence-corrected chi connectivity index (χ4v) is 4.34. The Balaban J connectivity index is 1.60. The summed E-state index contributed by atoms with van der Waals surface area (Å²) in [6.45, 7) is -0.171. The van der Waals surface area contributed by atoms with Gasteiger partial charge in [-0.3, -0.25) is 19.1 Å². The molecule has 3 atom stereocenters. The van der Waals surface area contributed by atoms with Crippen molar-refractivity contribution < 1.29 is 19.7 Å². The molecule has 0 aliphatic carbocycles. The van der Waals surface area contributed by atoms with E-state index in [1.165, 1.54) is 11.1 Å². The number of hydrogen-bond donors (Lipinski definition) is 3. The molecule has 3 N–H and O–H groups in total. The van der Waals surface area contributed by atoms with Gasteiger partial charge in [0.1, 0.15) is 18.0 Å². The van der Waals surface area contributed by atoms with Crippen LogP contribution in [-0.4, -0.2) is 51.5 Å². The maximum atomic E-state index is 12.6. The molecule has 1 saturated heterocycles. The molecule has 0 radical (unpaired) electrons. The molecule has 9 heteroatoms. The van der Waals surface area contributed by atoms with Gasteiger partial charge in [0.25, 0.3) is 5.56 Å². The summed E-state index contributed by atoms with van der Waals surface area (Å²) in [4.78, 5) is 40.5. The second-order valence-corrected chi connectivity index (χ2v) is 8.26. The lowest BCUT2D eigenvalue weighted by Crippen LogP contribution is -2.37. The molecule has 4 rings (SSSR count). The van der Waals surface area contributed by atoms with Crippen LogP contribution in [0.5, 0.6) is 0 Å². The Bertz CT molecular complexity index is 1170. The first-order valence-electron chi connectivity index (χ1n) is 11.1. The van der Waals surface area contributed by atoms with E-state index in [0.717, 1.165) is 15.7 Å². The summed E-state index contributed by atoms with van der Waals surface area (Å²) in [5.41, 5.74) is 0.757. The third-order valence-electron chi connectivity index (χ3n) is 6.14. The van der Waals surface area contributed by atoms with E-state index >= 15 is 0 Å². The summed E-state index contributed by atoms with van der Waals surface area (Å²) in [5, 5.41) is 19.3. The first kappa shape index (κ1) is 23.6. The van der Waals surface area contributed by atoms with Gasteiger partial charge in [0.2, 0.25) is 6.41 Å². The zero-order valence-corrected chi connectivity index (χ0v) is 18.5. The maximum Gasteiger partial charge on any atom is 0.330 e. The highest BCUT2D eigenvalue weighted by Gasteiger charge is 2.35. The van der Waals surface area contributed by atoms with Crippen LogP contribution < -0.4 is 16.1 Å². The number of aliphatic hydroxyl groups is 2. The van der Waals surface area contributed by atoms with Gasteiger partial charge in [-0.25, -0.2) is 4.79 Å². The minimum Gasteiger partial charge on any atom is -0.394 e. The molecular formula is C25H27N3O6. The van der Waals surface area contributed by atoms with Crippen LogP contribution >= 0.6 is 0 Å². The number of H-pyrrole nitrogens is 1. The SMILES string of the molecule is O=CN(CCC(c1ccccc1)c1ccccc1)c1cn([C@H]2C[C@H](O)[C@@H](CO)O2)c(=O)[nH]c1=O. The number of hydrogen-bond acceptors (Lipinski definition) is 6. The molecule has 9 nitrogen and oxygen atoms in total. The zero-order valence-electron chi connectivity index (χ0n) is 18.5. The molecule has 0 saturated carbocycles. The normalized spacial score (nSPS) is 19.9. The minimum atomic E-state index is -0.947. The van der Waals surface area contributed by atoms with E-state index in [1.54, 1.807) is 0 Å². The zero-order chi connectivity index (χ0) is 24.1. The predicted molar refractivity (Wildman–Crippen MR) is 126 cm³/mol. The highest BCUT2D eigenvalue weighted by Crippen LogP contribution is 2.29. The van der Waals surface area contributed by atoms with E-state index in [0.29, 0.717) is 12.8 Å². The van der Waals surface area contributed by atoms with Crippen LogP contribution in [0.15, 0.2) is 76.4 Å². The summed E-state index contributed by atoms with van der Waals surface area (Å²) in [6, 6.07) is 19.8. The number of amides is 1. The molecule has 0 bridgehead atoms. The summed E-state index contributed by atoms with van der Waals surface area (Å²) in [5.74, 6) is -0.00605. The Labute approximate surface area is 195 Å². The first-order valence-corrected chi connectivity index (χ1v) is 11.1. The smallest absolute Gasteiger partial charge is 0.330 e. The fraction of sp³-hybridized carbons (Fsp3) is 0.320. The lowest BCUT2D eigenvalue weighted by molar-refractivity contribution is -0.107. The number of nitrogens with zero attached hydrogens (tertiary/aromatic N) is 2. The van der Waals surface area contributed by atoms with Crippen molar-refractivity contribution in [3.63, 3.8) is 0 Å². The minimum absolute atomic E-state index is 0.0000108. The molecule has 0 spiro atoms. The van der Waals surface area contributed by atoms with E-state index < -0.39 is 36.3 Å². The second kappa shape index (κ2) is 10.6. The molecule has 1 amide bonds. The van der Waals surface area contributed by atoms with Gasteiger partial charge in [-0.15, -0.1) is 0 Å². The number of carbonyl (C=O) groups excluding carboxylic acids is 1. The van der Waals surface area contributed by atoms with Crippen molar-refractivity contribution in [2.45, 2.75) is 37.2 Å². The first-order chi connectivity index (χ1) is 16.5. The molecule has 178 valence electrons. The molecule has 2 heterocycles. The van der Waals surface area contributed by atoms with Crippen molar-refractivity contribution in [2.24, 2.45) is 0 Å². The molecule has 0 unspecified atom stereocenters. The molecule has 1 aliphatic heterocycles. The van der Waals surface area contributed by atoms with E-state index in [-0.39, 0.29) is 24.6 Å². The largest absolute Gasteiger partial charge is 0.394 e. The van der Waals surface area contributed by atoms with Gasteiger partial charge in [-0.2, -0.15) is 0 Å². The monoisotopic (exact) mass is 465 g/mol. The van der Waals surface area contributed by atoms with Crippen molar-refractivity contribution in [1.29, 1.82) is 0 Å². The number of aromatic nitrogens is 2. The van der Waals surface area contributed by atoms with Crippen LogP contribution in [0.2, 0.25) is 0 Å². The van der Waals surface area contributed by atoms with Crippen LogP contribution in [-0.2, 0) is 9.53 Å². The van der Waals surface area contributed by atoms with Crippen molar-refractivity contribution >= 4 is 12.1 Å². The van der Waals surface area contributed by atoms with Gasteiger partial charge in [0, 0.05) is 25.1 Å². The quantitative estimate of drug-likeness (QED) is 0.410. The molecule has 1 aliphatic rings. The van der Waals surface area contributed by atoms with E-state index in [1.807, 2.05) is 60.7 Å². The molecule has 1 fully saturated rings. The molecule has 34 heavy (non-hydrogen) atoms. The molecule has 3 aromatic rings. The Morgan fingerprint density at radius 1 is 1.09 bits per heavy atom. The number of rotatable bonds is 9. The van der Waals surface area contributed by atoms with Crippen molar-refractivity contribution in [1.82, 2.24) is 9.55 Å². The Kier molecular flexibility index (Phi) is 7.36. The number of aromatic amines is 1. The van der Waals surface area contributed by atoms with Gasteiger partial charge >= 0.3 is 5.69 Å². The third-order valence-corrected chi connectivity index (χ3v) is 6.14.